The Labute approximate surface area is 189 Å². The van der Waals surface area contributed by atoms with E-state index in [4.69, 9.17) is 5.73 Å². The summed E-state index contributed by atoms with van der Waals surface area (Å²) in [6.45, 7) is 5.46. The Morgan fingerprint density at radius 3 is 2.19 bits per heavy atom. The molecule has 3 aromatic carbocycles. The van der Waals surface area contributed by atoms with E-state index in [-0.39, 0.29) is 11.3 Å². The molecular weight excluding hydrogens is 424 g/mol. The zero-order valence-corrected chi connectivity index (χ0v) is 19.3. The number of carbonyl (C=O) groups excluding carboxylic acids is 1. The molecule has 0 aliphatic rings. The fourth-order valence-electron chi connectivity index (χ4n) is 3.50. The van der Waals surface area contributed by atoms with Crippen molar-refractivity contribution in [2.45, 2.75) is 50.3 Å². The molecule has 0 saturated carbocycles. The molecule has 3 rings (SSSR count). The molecule has 1 unspecified atom stereocenters. The second-order valence-corrected chi connectivity index (χ2v) is 10.8. The van der Waals surface area contributed by atoms with Crippen molar-refractivity contribution >= 4 is 26.6 Å². The quantitative estimate of drug-likeness (QED) is 0.485. The topological polar surface area (TPSA) is 109 Å². The van der Waals surface area contributed by atoms with Gasteiger partial charge in [0.15, 0.2) is 5.78 Å². The maximum absolute atomic E-state index is 13.2. The number of nitrogens with two attached hydrogens (primary N) is 1. The van der Waals surface area contributed by atoms with Gasteiger partial charge in [0, 0.05) is 6.04 Å². The number of benzene rings is 3. The Kier molecular flexibility index (Phi) is 7.15. The predicted molar refractivity (Wildman–Crippen MR) is 127 cm³/mol. The second-order valence-electron chi connectivity index (χ2n) is 9.11. The minimum absolute atomic E-state index is 0.0525. The molecule has 0 radical (unpaired) electrons. The van der Waals surface area contributed by atoms with Crippen LogP contribution in [0.25, 0.3) is 10.8 Å². The van der Waals surface area contributed by atoms with Crippen molar-refractivity contribution in [3.63, 3.8) is 0 Å². The van der Waals surface area contributed by atoms with Gasteiger partial charge >= 0.3 is 0 Å². The lowest BCUT2D eigenvalue weighted by atomic mass is 9.81. The standard InChI is InChI=1S/C25H30N2O4S/c1-25(2,3)24(26)23(29)22(28)21(15-17-9-5-4-6-10-17)27-32(30,31)20-14-13-18-11-7-8-12-19(18)16-20/h4-14,16,21,23-24,27,29H,15,26H2,1-3H3/t21-,23?,24+/m0/s1. The molecule has 0 aromatic heterocycles. The molecule has 7 heteroatoms. The second kappa shape index (κ2) is 9.50. The van der Waals surface area contributed by atoms with Gasteiger partial charge in [-0.3, -0.25) is 4.79 Å². The highest BCUT2D eigenvalue weighted by Gasteiger charge is 2.37. The van der Waals surface area contributed by atoms with Crippen LogP contribution in [0.15, 0.2) is 77.7 Å². The first-order chi connectivity index (χ1) is 15.0. The van der Waals surface area contributed by atoms with Gasteiger partial charge in [-0.2, -0.15) is 0 Å². The van der Waals surface area contributed by atoms with E-state index in [1.165, 1.54) is 6.07 Å². The lowest BCUT2D eigenvalue weighted by Gasteiger charge is -2.32. The van der Waals surface area contributed by atoms with Crippen molar-refractivity contribution < 1.29 is 18.3 Å². The van der Waals surface area contributed by atoms with Crippen LogP contribution in [-0.2, 0) is 21.2 Å². The normalized spacial score (nSPS) is 15.3. The van der Waals surface area contributed by atoms with Gasteiger partial charge in [0.1, 0.15) is 6.10 Å². The first-order valence-corrected chi connectivity index (χ1v) is 12.0. The van der Waals surface area contributed by atoms with Crippen LogP contribution in [0, 0.1) is 5.41 Å². The number of sulfonamides is 1. The van der Waals surface area contributed by atoms with Crippen LogP contribution in [-0.4, -0.2) is 37.5 Å². The van der Waals surface area contributed by atoms with Crippen LogP contribution in [0.1, 0.15) is 26.3 Å². The summed E-state index contributed by atoms with van der Waals surface area (Å²) in [5.74, 6) is -0.652. The number of rotatable bonds is 8. The minimum atomic E-state index is -4.03. The SMILES string of the molecule is CC(C)(C)[C@H](N)C(O)C(=O)[C@H](Cc1ccccc1)NS(=O)(=O)c1ccc2ccccc2c1. The summed E-state index contributed by atoms with van der Waals surface area (Å²) >= 11 is 0. The summed E-state index contributed by atoms with van der Waals surface area (Å²) in [7, 11) is -4.03. The Bertz CT molecular complexity index is 1190. The van der Waals surface area contributed by atoms with Gasteiger partial charge in [0.05, 0.1) is 10.9 Å². The summed E-state index contributed by atoms with van der Waals surface area (Å²) in [6.07, 6.45) is -1.41. The third-order valence-electron chi connectivity index (χ3n) is 5.59. The van der Waals surface area contributed by atoms with E-state index in [2.05, 4.69) is 4.72 Å². The van der Waals surface area contributed by atoms with Crippen LogP contribution < -0.4 is 10.5 Å². The monoisotopic (exact) mass is 454 g/mol. The van der Waals surface area contributed by atoms with Crippen LogP contribution >= 0.6 is 0 Å². The summed E-state index contributed by atoms with van der Waals surface area (Å²) in [5.41, 5.74) is 6.34. The van der Waals surface area contributed by atoms with Crippen molar-refractivity contribution in [3.05, 3.63) is 78.4 Å². The molecule has 0 bridgehead atoms. The van der Waals surface area contributed by atoms with Gasteiger partial charge in [-0.1, -0.05) is 81.4 Å². The van der Waals surface area contributed by atoms with Crippen LogP contribution in [0.2, 0.25) is 0 Å². The summed E-state index contributed by atoms with van der Waals surface area (Å²) in [5, 5.41) is 12.4. The highest BCUT2D eigenvalue weighted by molar-refractivity contribution is 7.89. The first kappa shape index (κ1) is 24.1. The smallest absolute Gasteiger partial charge is 0.241 e. The molecule has 32 heavy (non-hydrogen) atoms. The summed E-state index contributed by atoms with van der Waals surface area (Å²) < 4.78 is 28.9. The van der Waals surface area contributed by atoms with Crippen LogP contribution in [0.5, 0.6) is 0 Å². The number of nitrogens with one attached hydrogen (secondary N) is 1. The van der Waals surface area contributed by atoms with Gasteiger partial charge < -0.3 is 10.8 Å². The number of fused-ring (bicyclic) bond motifs is 1. The third kappa shape index (κ3) is 5.61. The zero-order valence-electron chi connectivity index (χ0n) is 18.5. The van der Waals surface area contributed by atoms with E-state index < -0.39 is 39.4 Å². The van der Waals surface area contributed by atoms with Gasteiger partial charge in [-0.25, -0.2) is 13.1 Å². The Morgan fingerprint density at radius 1 is 0.969 bits per heavy atom. The lowest BCUT2D eigenvalue weighted by Crippen LogP contribution is -2.55. The van der Waals surface area contributed by atoms with Crippen molar-refractivity contribution in [2.75, 3.05) is 0 Å². The van der Waals surface area contributed by atoms with Crippen LogP contribution in [0.4, 0.5) is 0 Å². The molecule has 0 saturated heterocycles. The number of aliphatic hydroxyl groups is 1. The van der Waals surface area contributed by atoms with E-state index in [9.17, 15) is 18.3 Å². The maximum Gasteiger partial charge on any atom is 0.241 e. The average Bonchev–Trinajstić information content (AvgIpc) is 2.76. The lowest BCUT2D eigenvalue weighted by molar-refractivity contribution is -0.131. The molecule has 0 aliphatic heterocycles. The number of ketones is 1. The number of carbonyl (C=O) groups is 1. The van der Waals surface area contributed by atoms with E-state index in [0.717, 1.165) is 16.3 Å². The van der Waals surface area contributed by atoms with Crippen molar-refractivity contribution in [1.82, 2.24) is 4.72 Å². The average molecular weight is 455 g/mol. The van der Waals surface area contributed by atoms with Gasteiger partial charge in [-0.15, -0.1) is 0 Å². The van der Waals surface area contributed by atoms with Crippen LogP contribution in [0.3, 0.4) is 0 Å². The van der Waals surface area contributed by atoms with Gasteiger partial charge in [-0.05, 0) is 40.3 Å². The fraction of sp³-hybridized carbons (Fsp3) is 0.320. The Morgan fingerprint density at radius 2 is 1.56 bits per heavy atom. The highest BCUT2D eigenvalue weighted by atomic mass is 32.2. The number of aliphatic hydroxyl groups excluding tert-OH is 1. The molecule has 3 aromatic rings. The Hall–Kier alpha value is -2.58. The van der Waals surface area contributed by atoms with Gasteiger partial charge in [0.2, 0.25) is 10.0 Å². The molecule has 0 heterocycles. The maximum atomic E-state index is 13.2. The zero-order chi connectivity index (χ0) is 23.5. The van der Waals surface area contributed by atoms with E-state index >= 15 is 0 Å². The molecular formula is C25H30N2O4S. The third-order valence-corrected chi connectivity index (χ3v) is 7.06. The largest absolute Gasteiger partial charge is 0.384 e. The highest BCUT2D eigenvalue weighted by Crippen LogP contribution is 2.23. The summed E-state index contributed by atoms with van der Waals surface area (Å²) in [4.78, 5) is 13.3. The van der Waals surface area contributed by atoms with Crippen molar-refractivity contribution in [3.8, 4) is 0 Å². The molecule has 3 atom stereocenters. The molecule has 4 N–H and O–H groups in total. The van der Waals surface area contributed by atoms with Gasteiger partial charge in [0.25, 0.3) is 0 Å². The fourth-order valence-corrected chi connectivity index (χ4v) is 4.74. The van der Waals surface area contributed by atoms with E-state index in [1.54, 1.807) is 24.3 Å². The minimum Gasteiger partial charge on any atom is -0.384 e. The van der Waals surface area contributed by atoms with Crippen molar-refractivity contribution in [2.24, 2.45) is 11.1 Å². The predicted octanol–water partition coefficient (Wildman–Crippen LogP) is 3.03. The molecule has 0 fully saturated rings. The molecule has 0 amide bonds. The molecule has 0 aliphatic carbocycles. The molecule has 170 valence electrons. The van der Waals surface area contributed by atoms with Crippen molar-refractivity contribution in [1.29, 1.82) is 0 Å². The van der Waals surface area contributed by atoms with E-state index in [0.29, 0.717) is 0 Å². The first-order valence-electron chi connectivity index (χ1n) is 10.5. The molecule has 0 spiro atoms. The summed E-state index contributed by atoms with van der Waals surface area (Å²) in [6, 6.07) is 19.3. The molecule has 6 nitrogen and oxygen atoms in total. The van der Waals surface area contributed by atoms with E-state index in [1.807, 2.05) is 63.2 Å². The Balaban J connectivity index is 1.93. The number of hydrogen-bond acceptors (Lipinski definition) is 5. The number of hydrogen-bond donors (Lipinski definition) is 3. The number of Topliss-reactive ketones (excluding diaryl/α,β-unsaturated/α-hetero) is 1.